The van der Waals surface area contributed by atoms with E-state index in [0.29, 0.717) is 12.0 Å². The summed E-state index contributed by atoms with van der Waals surface area (Å²) in [5, 5.41) is 2.42. The van der Waals surface area contributed by atoms with E-state index in [1.54, 1.807) is 27.7 Å². The Morgan fingerprint density at radius 3 is 2.51 bits per heavy atom. The molecular weight excluding hydrogens is 488 g/mol. The summed E-state index contributed by atoms with van der Waals surface area (Å²) in [5.41, 5.74) is 0.141. The number of aromatic nitrogens is 1. The summed E-state index contributed by atoms with van der Waals surface area (Å²) in [6.07, 6.45) is -0.920. The van der Waals surface area contributed by atoms with E-state index < -0.39 is 66.7 Å². The fourth-order valence-electron chi connectivity index (χ4n) is 3.44. The van der Waals surface area contributed by atoms with Gasteiger partial charge in [-0.2, -0.15) is 0 Å². The van der Waals surface area contributed by atoms with Gasteiger partial charge in [0.25, 0.3) is 5.91 Å². The highest BCUT2D eigenvalue weighted by Crippen LogP contribution is 2.25. The third-order valence-corrected chi connectivity index (χ3v) is 5.54. The zero-order valence-corrected chi connectivity index (χ0v) is 21.9. The third kappa shape index (κ3) is 7.89. The van der Waals surface area contributed by atoms with E-state index in [-0.39, 0.29) is 24.5 Å². The Kier molecular flexibility index (Phi) is 10.8. The number of hydrogen-bond donors (Lipinski definition) is 1. The molecule has 0 saturated carbocycles. The molecule has 204 valence electrons. The quantitative estimate of drug-likeness (QED) is 0.395. The van der Waals surface area contributed by atoms with Crippen LogP contribution in [0.2, 0.25) is 0 Å². The number of carbonyl (C=O) groups excluding carboxylic acids is 5. The van der Waals surface area contributed by atoms with Crippen molar-refractivity contribution in [2.24, 2.45) is 11.8 Å². The van der Waals surface area contributed by atoms with Crippen molar-refractivity contribution in [1.29, 1.82) is 0 Å². The average molecular weight is 523 g/mol. The highest BCUT2D eigenvalue weighted by atomic mass is 16.7. The van der Waals surface area contributed by atoms with E-state index in [1.807, 2.05) is 6.92 Å². The summed E-state index contributed by atoms with van der Waals surface area (Å²) in [6, 6.07) is 0.124. The van der Waals surface area contributed by atoms with Gasteiger partial charge in [0.1, 0.15) is 12.7 Å². The fraction of sp³-hybridized carbons (Fsp3) is 0.600. The van der Waals surface area contributed by atoms with Gasteiger partial charge < -0.3 is 29.0 Å². The van der Waals surface area contributed by atoms with E-state index in [4.69, 9.17) is 23.7 Å². The van der Waals surface area contributed by atoms with Crippen LogP contribution in [0.1, 0.15) is 63.5 Å². The third-order valence-electron chi connectivity index (χ3n) is 5.54. The Balaban J connectivity index is 2.26. The number of amides is 1. The smallest absolute Gasteiger partial charge is 0.463 e. The van der Waals surface area contributed by atoms with Crippen molar-refractivity contribution in [1.82, 2.24) is 10.3 Å². The summed E-state index contributed by atoms with van der Waals surface area (Å²) in [7, 11) is 0. The number of pyridine rings is 1. The fourth-order valence-corrected chi connectivity index (χ4v) is 3.44. The largest absolute Gasteiger partial charge is 0.513 e. The molecule has 0 radical (unpaired) electrons. The van der Waals surface area contributed by atoms with Crippen molar-refractivity contribution in [2.75, 3.05) is 13.2 Å². The number of nitrogens with zero attached hydrogens (tertiary/aromatic N) is 1. The van der Waals surface area contributed by atoms with E-state index in [1.165, 1.54) is 19.2 Å². The van der Waals surface area contributed by atoms with Gasteiger partial charge >= 0.3 is 24.1 Å². The van der Waals surface area contributed by atoms with E-state index in [0.717, 1.165) is 0 Å². The van der Waals surface area contributed by atoms with E-state index >= 15 is 0 Å². The number of nitrogens with one attached hydrogen (secondary N) is 1. The molecule has 1 amide bonds. The number of hydrogen-bond acceptors (Lipinski definition) is 11. The Morgan fingerprint density at radius 2 is 1.89 bits per heavy atom. The van der Waals surface area contributed by atoms with Crippen LogP contribution in [0, 0.1) is 18.8 Å². The van der Waals surface area contributed by atoms with Crippen molar-refractivity contribution < 1.29 is 47.7 Å². The molecule has 2 rings (SSSR count). The van der Waals surface area contributed by atoms with Crippen LogP contribution in [-0.4, -0.2) is 66.4 Å². The molecule has 0 aliphatic carbocycles. The molecule has 12 nitrogen and oxygen atoms in total. The maximum Gasteiger partial charge on any atom is 0.513 e. The monoisotopic (exact) mass is 522 g/mol. The molecule has 0 aromatic carbocycles. The second-order valence-corrected chi connectivity index (χ2v) is 8.88. The van der Waals surface area contributed by atoms with Gasteiger partial charge in [-0.25, -0.2) is 14.6 Å². The first-order valence-corrected chi connectivity index (χ1v) is 12.2. The molecule has 1 saturated heterocycles. The van der Waals surface area contributed by atoms with Crippen LogP contribution in [0.5, 0.6) is 5.75 Å². The highest BCUT2D eigenvalue weighted by molar-refractivity contribution is 5.98. The lowest BCUT2D eigenvalue weighted by atomic mass is 9.95. The number of rotatable bonds is 8. The minimum absolute atomic E-state index is 0.128. The van der Waals surface area contributed by atoms with Crippen LogP contribution in [0.3, 0.4) is 0 Å². The van der Waals surface area contributed by atoms with Crippen LogP contribution in [0.25, 0.3) is 0 Å². The van der Waals surface area contributed by atoms with Crippen molar-refractivity contribution in [3.8, 4) is 5.75 Å². The lowest BCUT2D eigenvalue weighted by molar-refractivity contribution is -0.176. The summed E-state index contributed by atoms with van der Waals surface area (Å²) in [6.45, 7) is 9.49. The van der Waals surface area contributed by atoms with Crippen molar-refractivity contribution >= 4 is 30.0 Å². The first-order chi connectivity index (χ1) is 17.5. The number of ether oxygens (including phenoxy) is 5. The topological polar surface area (TPSA) is 156 Å². The number of esters is 3. The Morgan fingerprint density at radius 1 is 1.19 bits per heavy atom. The zero-order valence-electron chi connectivity index (χ0n) is 21.9. The molecular formula is C25H34N2O10. The van der Waals surface area contributed by atoms with Gasteiger partial charge in [-0.3, -0.25) is 14.4 Å². The molecule has 1 aliphatic rings. The normalized spacial score (nSPS) is 22.0. The molecule has 2 heterocycles. The Bertz CT molecular complexity index is 1010. The van der Waals surface area contributed by atoms with Crippen molar-refractivity contribution in [3.05, 3.63) is 23.5 Å². The number of aryl methyl sites for hydroxylation is 1. The first-order valence-electron chi connectivity index (χ1n) is 12.2. The second-order valence-electron chi connectivity index (χ2n) is 8.88. The van der Waals surface area contributed by atoms with Gasteiger partial charge in [-0.15, -0.1) is 0 Å². The minimum atomic E-state index is -1.40. The lowest BCUT2D eigenvalue weighted by Crippen LogP contribution is -2.47. The summed E-state index contributed by atoms with van der Waals surface area (Å²) < 4.78 is 26.3. The molecule has 1 aromatic heterocycles. The number of cyclic esters (lactones) is 2. The minimum Gasteiger partial charge on any atom is -0.463 e. The van der Waals surface area contributed by atoms with Gasteiger partial charge in [0, 0.05) is 6.20 Å². The van der Waals surface area contributed by atoms with E-state index in [2.05, 4.69) is 10.3 Å². The lowest BCUT2D eigenvalue weighted by Gasteiger charge is -2.29. The molecule has 0 unspecified atom stereocenters. The zero-order chi connectivity index (χ0) is 27.7. The van der Waals surface area contributed by atoms with Gasteiger partial charge in [0.05, 0.1) is 18.4 Å². The van der Waals surface area contributed by atoms with Gasteiger partial charge in [0.15, 0.2) is 23.6 Å². The van der Waals surface area contributed by atoms with Gasteiger partial charge in [-0.1, -0.05) is 27.7 Å². The Labute approximate surface area is 215 Å². The molecule has 37 heavy (non-hydrogen) atoms. The standard InChI is InChI=1S/C25H34N2O10/c1-7-11-33-25(32)37-19-14(5)9-10-26-18(19)21(28)27-17-12-34-23(30)16(8-2)20(15(6)35-24(17)31)36-22(29)13(3)4/h9-10,13,15-17,20H,7-8,11-12H2,1-6H3,(H,27,28)/t15-,16+,17-,20-/m0/s1. The van der Waals surface area contributed by atoms with Crippen LogP contribution >= 0.6 is 0 Å². The van der Waals surface area contributed by atoms with Crippen LogP contribution < -0.4 is 10.1 Å². The maximum absolute atomic E-state index is 13.1. The molecule has 0 bridgehead atoms. The summed E-state index contributed by atoms with van der Waals surface area (Å²) in [4.78, 5) is 66.9. The van der Waals surface area contributed by atoms with E-state index in [9.17, 15) is 24.0 Å². The molecule has 12 heteroatoms. The number of carbonyl (C=O) groups is 5. The summed E-state index contributed by atoms with van der Waals surface area (Å²) in [5.74, 6) is -4.53. The predicted molar refractivity (Wildman–Crippen MR) is 128 cm³/mol. The Hall–Kier alpha value is -3.70. The maximum atomic E-state index is 13.1. The van der Waals surface area contributed by atoms with Gasteiger partial charge in [-0.05, 0) is 38.3 Å². The van der Waals surface area contributed by atoms with Crippen molar-refractivity contribution in [3.63, 3.8) is 0 Å². The molecule has 1 aromatic rings. The second kappa shape index (κ2) is 13.6. The molecule has 1 N–H and O–H groups in total. The predicted octanol–water partition coefficient (Wildman–Crippen LogP) is 2.50. The summed E-state index contributed by atoms with van der Waals surface area (Å²) >= 11 is 0. The molecule has 1 fully saturated rings. The van der Waals surface area contributed by atoms with Crippen LogP contribution in [-0.2, 0) is 33.3 Å². The van der Waals surface area contributed by atoms with Crippen molar-refractivity contribution in [2.45, 2.75) is 72.6 Å². The molecule has 4 atom stereocenters. The van der Waals surface area contributed by atoms with Crippen LogP contribution in [0.15, 0.2) is 12.3 Å². The van der Waals surface area contributed by atoms with Gasteiger partial charge in [0.2, 0.25) is 0 Å². The molecule has 1 aliphatic heterocycles. The highest BCUT2D eigenvalue weighted by Gasteiger charge is 2.41. The SMILES string of the molecule is CCCOC(=O)Oc1c(C)ccnc1C(=O)N[C@H]1COC(=O)[C@H](CC)[C@@H](OC(=O)C(C)C)[C@H](C)OC1=O. The average Bonchev–Trinajstić information content (AvgIpc) is 2.88. The molecule has 0 spiro atoms. The van der Waals surface area contributed by atoms with Crippen LogP contribution in [0.4, 0.5) is 4.79 Å². The first kappa shape index (κ1) is 29.5.